The van der Waals surface area contributed by atoms with E-state index in [-0.39, 0.29) is 11.3 Å². The van der Waals surface area contributed by atoms with Crippen LogP contribution in [0.1, 0.15) is 29.6 Å². The van der Waals surface area contributed by atoms with Crippen molar-refractivity contribution in [3.8, 4) is 0 Å². The number of benzene rings is 1. The van der Waals surface area contributed by atoms with Crippen LogP contribution in [0.4, 0.5) is 11.4 Å². The summed E-state index contributed by atoms with van der Waals surface area (Å²) < 4.78 is 0. The fraction of sp³-hybridized carbons (Fsp3) is 0.500. The molecule has 7 nitrogen and oxygen atoms in total. The third-order valence-electron chi connectivity index (χ3n) is 3.63. The summed E-state index contributed by atoms with van der Waals surface area (Å²) in [5.74, 6) is -1.29. The van der Waals surface area contributed by atoms with Crippen LogP contribution in [0.3, 0.4) is 0 Å². The Hall–Kier alpha value is -2.15. The van der Waals surface area contributed by atoms with Crippen LogP contribution in [0, 0.1) is 10.1 Å². The summed E-state index contributed by atoms with van der Waals surface area (Å²) >= 11 is 0. The van der Waals surface area contributed by atoms with Crippen LogP contribution in [0.2, 0.25) is 0 Å². The summed E-state index contributed by atoms with van der Waals surface area (Å²) in [5, 5.41) is 22.9. The topological polar surface area (TPSA) is 95.7 Å². The van der Waals surface area contributed by atoms with Gasteiger partial charge in [0.25, 0.3) is 5.69 Å². The average Bonchev–Trinajstić information content (AvgIpc) is 2.48. The monoisotopic (exact) mass is 293 g/mol. The van der Waals surface area contributed by atoms with E-state index in [0.717, 1.165) is 19.6 Å². The van der Waals surface area contributed by atoms with Crippen LogP contribution in [-0.2, 0) is 0 Å². The average molecular weight is 293 g/mol. The molecule has 0 aromatic heterocycles. The third-order valence-corrected chi connectivity index (χ3v) is 3.63. The molecule has 2 N–H and O–H groups in total. The van der Waals surface area contributed by atoms with Crippen LogP contribution < -0.4 is 5.32 Å². The number of nitro benzene ring substituents is 1. The van der Waals surface area contributed by atoms with Crippen molar-refractivity contribution in [1.29, 1.82) is 0 Å². The zero-order chi connectivity index (χ0) is 15.2. The van der Waals surface area contributed by atoms with Crippen LogP contribution in [0.5, 0.6) is 0 Å². The number of hydrogen-bond acceptors (Lipinski definition) is 5. The second-order valence-electron chi connectivity index (χ2n) is 5.12. The van der Waals surface area contributed by atoms with Gasteiger partial charge in [0.15, 0.2) is 0 Å². The van der Waals surface area contributed by atoms with E-state index in [1.54, 1.807) is 6.07 Å². The van der Waals surface area contributed by atoms with Crippen molar-refractivity contribution in [3.05, 3.63) is 33.9 Å². The highest BCUT2D eigenvalue weighted by Crippen LogP contribution is 2.22. The van der Waals surface area contributed by atoms with Gasteiger partial charge in [-0.25, -0.2) is 4.79 Å². The second-order valence-corrected chi connectivity index (χ2v) is 5.12. The lowest BCUT2D eigenvalue weighted by molar-refractivity contribution is -0.385. The zero-order valence-electron chi connectivity index (χ0n) is 11.7. The summed E-state index contributed by atoms with van der Waals surface area (Å²) in [6.45, 7) is 3.78. The highest BCUT2D eigenvalue weighted by molar-refractivity contribution is 5.93. The van der Waals surface area contributed by atoms with Crippen molar-refractivity contribution in [1.82, 2.24) is 4.90 Å². The molecule has 0 amide bonds. The number of aromatic carboxylic acids is 1. The van der Waals surface area contributed by atoms with Crippen molar-refractivity contribution in [3.63, 3.8) is 0 Å². The Morgan fingerprint density at radius 3 is 2.67 bits per heavy atom. The molecule has 0 radical (unpaired) electrons. The molecule has 7 heteroatoms. The molecule has 0 saturated carbocycles. The number of carboxylic acid groups (broad SMARTS) is 1. The molecule has 1 aliphatic heterocycles. The summed E-state index contributed by atoms with van der Waals surface area (Å²) in [7, 11) is 0. The number of carboxylic acids is 1. The van der Waals surface area contributed by atoms with E-state index >= 15 is 0 Å². The lowest BCUT2D eigenvalue weighted by Crippen LogP contribution is -2.33. The highest BCUT2D eigenvalue weighted by Gasteiger charge is 2.19. The van der Waals surface area contributed by atoms with E-state index in [1.807, 2.05) is 0 Å². The Bertz CT molecular complexity index is 527. The van der Waals surface area contributed by atoms with Gasteiger partial charge >= 0.3 is 5.97 Å². The van der Waals surface area contributed by atoms with E-state index in [9.17, 15) is 14.9 Å². The first-order valence-electron chi connectivity index (χ1n) is 7.06. The maximum Gasteiger partial charge on any atom is 0.342 e. The fourth-order valence-electron chi connectivity index (χ4n) is 2.52. The molecule has 114 valence electrons. The number of likely N-dealkylation sites (tertiary alicyclic amines) is 1. The minimum Gasteiger partial charge on any atom is -0.477 e. The van der Waals surface area contributed by atoms with Gasteiger partial charge in [0.05, 0.1) is 4.92 Å². The molecule has 1 aliphatic rings. The SMILES string of the molecule is O=C(O)c1cc(NCCN2CCCCC2)ccc1[N+](=O)[O-]. The highest BCUT2D eigenvalue weighted by atomic mass is 16.6. The van der Waals surface area contributed by atoms with Gasteiger partial charge in [0.2, 0.25) is 0 Å². The quantitative estimate of drug-likeness (QED) is 0.616. The Balaban J connectivity index is 1.95. The lowest BCUT2D eigenvalue weighted by Gasteiger charge is -2.26. The summed E-state index contributed by atoms with van der Waals surface area (Å²) in [6.07, 6.45) is 3.73. The Morgan fingerprint density at radius 2 is 2.05 bits per heavy atom. The van der Waals surface area contributed by atoms with Crippen LogP contribution in [0.15, 0.2) is 18.2 Å². The van der Waals surface area contributed by atoms with Crippen molar-refractivity contribution >= 4 is 17.3 Å². The molecule has 0 spiro atoms. The molecule has 2 rings (SSSR count). The smallest absolute Gasteiger partial charge is 0.342 e. The number of piperidine rings is 1. The number of hydrogen-bond donors (Lipinski definition) is 2. The predicted molar refractivity (Wildman–Crippen MR) is 78.8 cm³/mol. The van der Waals surface area contributed by atoms with Crippen molar-refractivity contribution in [2.24, 2.45) is 0 Å². The lowest BCUT2D eigenvalue weighted by atomic mass is 10.1. The first-order valence-corrected chi connectivity index (χ1v) is 7.06. The van der Waals surface area contributed by atoms with Crippen molar-refractivity contribution in [2.45, 2.75) is 19.3 Å². The molecule has 0 aliphatic carbocycles. The van der Waals surface area contributed by atoms with Gasteiger partial charge < -0.3 is 15.3 Å². The van der Waals surface area contributed by atoms with Gasteiger partial charge in [-0.1, -0.05) is 6.42 Å². The Kier molecular flexibility index (Phi) is 5.10. The van der Waals surface area contributed by atoms with Gasteiger partial charge in [-0.2, -0.15) is 0 Å². The molecule has 1 heterocycles. The Morgan fingerprint density at radius 1 is 1.33 bits per heavy atom. The first kappa shape index (κ1) is 15.2. The maximum atomic E-state index is 11.1. The Labute approximate surface area is 122 Å². The van der Waals surface area contributed by atoms with Crippen molar-refractivity contribution < 1.29 is 14.8 Å². The number of nitrogens with one attached hydrogen (secondary N) is 1. The molecular formula is C14H19N3O4. The first-order chi connectivity index (χ1) is 10.1. The minimum atomic E-state index is -1.29. The second kappa shape index (κ2) is 7.03. The van der Waals surface area contributed by atoms with Gasteiger partial charge in [-0.05, 0) is 38.1 Å². The standard InChI is InChI=1S/C14H19N3O4/c18-14(19)12-10-11(4-5-13(12)17(20)21)15-6-9-16-7-2-1-3-8-16/h4-5,10,15H,1-3,6-9H2,(H,18,19). The van der Waals surface area contributed by atoms with E-state index in [2.05, 4.69) is 10.2 Å². The number of rotatable bonds is 6. The molecule has 21 heavy (non-hydrogen) atoms. The molecule has 1 fully saturated rings. The van der Waals surface area contributed by atoms with E-state index in [4.69, 9.17) is 5.11 Å². The summed E-state index contributed by atoms with van der Waals surface area (Å²) in [5.41, 5.74) is -0.0814. The van der Waals surface area contributed by atoms with E-state index in [1.165, 1.54) is 31.4 Å². The summed E-state index contributed by atoms with van der Waals surface area (Å²) in [4.78, 5) is 23.5. The molecule has 0 unspecified atom stereocenters. The van der Waals surface area contributed by atoms with Gasteiger partial charge in [-0.15, -0.1) is 0 Å². The number of carbonyl (C=O) groups is 1. The molecule has 0 bridgehead atoms. The van der Waals surface area contributed by atoms with Crippen LogP contribution in [0.25, 0.3) is 0 Å². The fourth-order valence-corrected chi connectivity index (χ4v) is 2.52. The van der Waals surface area contributed by atoms with E-state index in [0.29, 0.717) is 12.2 Å². The predicted octanol–water partition coefficient (Wildman–Crippen LogP) is 2.19. The largest absolute Gasteiger partial charge is 0.477 e. The normalized spacial score (nSPS) is 15.6. The summed E-state index contributed by atoms with van der Waals surface area (Å²) in [6, 6.07) is 4.09. The minimum absolute atomic E-state index is 0.289. The van der Waals surface area contributed by atoms with Crippen LogP contribution in [-0.4, -0.2) is 47.1 Å². The maximum absolute atomic E-state index is 11.1. The van der Waals surface area contributed by atoms with E-state index < -0.39 is 10.9 Å². The van der Waals surface area contributed by atoms with Gasteiger partial charge in [0, 0.05) is 24.8 Å². The molecule has 1 saturated heterocycles. The zero-order valence-corrected chi connectivity index (χ0v) is 11.7. The molecular weight excluding hydrogens is 274 g/mol. The van der Waals surface area contributed by atoms with Crippen LogP contribution >= 0.6 is 0 Å². The number of nitrogens with zero attached hydrogens (tertiary/aromatic N) is 2. The van der Waals surface area contributed by atoms with Gasteiger partial charge in [0.1, 0.15) is 5.56 Å². The molecule has 1 aromatic rings. The third kappa shape index (κ3) is 4.16. The number of nitro groups is 1. The number of anilines is 1. The van der Waals surface area contributed by atoms with Gasteiger partial charge in [-0.3, -0.25) is 10.1 Å². The van der Waals surface area contributed by atoms with Crippen molar-refractivity contribution in [2.75, 3.05) is 31.5 Å². The molecule has 1 aromatic carbocycles. The molecule has 0 atom stereocenters.